The molecule has 1 aliphatic heterocycles. The van der Waals surface area contributed by atoms with Crippen molar-refractivity contribution in [2.45, 2.75) is 13.5 Å². The van der Waals surface area contributed by atoms with Crippen molar-refractivity contribution in [3.8, 4) is 11.4 Å². The van der Waals surface area contributed by atoms with Crippen molar-refractivity contribution < 1.29 is 14.1 Å². The summed E-state index contributed by atoms with van der Waals surface area (Å²) in [7, 11) is 0. The third-order valence-corrected chi connectivity index (χ3v) is 4.63. The largest absolute Gasteiger partial charge is 0.378 e. The third-order valence-electron chi connectivity index (χ3n) is 4.63. The molecule has 2 aromatic carbocycles. The van der Waals surface area contributed by atoms with Crippen LogP contribution in [0.1, 0.15) is 21.8 Å². The van der Waals surface area contributed by atoms with Crippen LogP contribution in [0, 0.1) is 6.92 Å². The van der Waals surface area contributed by atoms with E-state index in [0.29, 0.717) is 50.1 Å². The van der Waals surface area contributed by atoms with Gasteiger partial charge in [-0.15, -0.1) is 0 Å². The molecule has 1 N–H and O–H groups in total. The quantitative estimate of drug-likeness (QED) is 0.735. The molecule has 4 rings (SSSR count). The molecule has 7 nitrogen and oxygen atoms in total. The fourth-order valence-electron chi connectivity index (χ4n) is 3.04. The first-order valence-corrected chi connectivity index (χ1v) is 9.29. The van der Waals surface area contributed by atoms with Crippen LogP contribution in [-0.2, 0) is 11.3 Å². The molecule has 0 aliphatic carbocycles. The monoisotopic (exact) mass is 378 g/mol. The number of carbonyl (C=O) groups excluding carboxylic acids is 1. The molecule has 28 heavy (non-hydrogen) atoms. The van der Waals surface area contributed by atoms with Crippen molar-refractivity contribution in [2.24, 2.45) is 0 Å². The van der Waals surface area contributed by atoms with Gasteiger partial charge in [0.05, 0.1) is 19.8 Å². The Hall–Kier alpha value is -3.19. The minimum atomic E-state index is 0.0198. The van der Waals surface area contributed by atoms with Crippen molar-refractivity contribution in [3.05, 3.63) is 65.5 Å². The number of amides is 1. The van der Waals surface area contributed by atoms with E-state index >= 15 is 0 Å². The van der Waals surface area contributed by atoms with Crippen molar-refractivity contribution in [1.82, 2.24) is 15.0 Å². The van der Waals surface area contributed by atoms with E-state index in [4.69, 9.17) is 9.26 Å². The van der Waals surface area contributed by atoms with Gasteiger partial charge in [0.25, 0.3) is 5.91 Å². The number of ether oxygens (including phenoxy) is 1. The minimum absolute atomic E-state index is 0.0198. The van der Waals surface area contributed by atoms with Gasteiger partial charge >= 0.3 is 0 Å². The van der Waals surface area contributed by atoms with Gasteiger partial charge in [-0.3, -0.25) is 4.79 Å². The second kappa shape index (κ2) is 8.22. The molecule has 0 unspecified atom stereocenters. The van der Waals surface area contributed by atoms with E-state index in [1.54, 1.807) is 0 Å². The number of anilines is 1. The Labute approximate surface area is 163 Å². The van der Waals surface area contributed by atoms with Crippen molar-refractivity contribution in [1.29, 1.82) is 0 Å². The Morgan fingerprint density at radius 3 is 2.71 bits per heavy atom. The van der Waals surface area contributed by atoms with Crippen LogP contribution < -0.4 is 5.32 Å². The first kappa shape index (κ1) is 18.2. The van der Waals surface area contributed by atoms with Crippen molar-refractivity contribution >= 4 is 11.6 Å². The fourth-order valence-corrected chi connectivity index (χ4v) is 3.04. The smallest absolute Gasteiger partial charge is 0.254 e. The van der Waals surface area contributed by atoms with Gasteiger partial charge in [-0.1, -0.05) is 41.1 Å². The van der Waals surface area contributed by atoms with Crippen LogP contribution in [0.4, 0.5) is 5.69 Å². The molecule has 1 amide bonds. The number of aryl methyl sites for hydroxylation is 1. The minimum Gasteiger partial charge on any atom is -0.378 e. The van der Waals surface area contributed by atoms with Gasteiger partial charge in [0.15, 0.2) is 0 Å². The highest BCUT2D eigenvalue weighted by Crippen LogP contribution is 2.18. The molecule has 144 valence electrons. The van der Waals surface area contributed by atoms with E-state index in [0.717, 1.165) is 11.3 Å². The predicted octanol–water partition coefficient (Wildman–Crippen LogP) is 3.13. The van der Waals surface area contributed by atoms with Crippen LogP contribution in [0.3, 0.4) is 0 Å². The Morgan fingerprint density at radius 1 is 1.14 bits per heavy atom. The lowest BCUT2D eigenvalue weighted by Gasteiger charge is -2.27. The summed E-state index contributed by atoms with van der Waals surface area (Å²) in [6.45, 7) is 4.84. The summed E-state index contributed by atoms with van der Waals surface area (Å²) in [4.78, 5) is 18.9. The first-order chi connectivity index (χ1) is 13.7. The number of nitrogens with zero attached hydrogens (tertiary/aromatic N) is 3. The Bertz CT molecular complexity index is 946. The lowest BCUT2D eigenvalue weighted by Crippen LogP contribution is -2.40. The molecule has 1 aliphatic rings. The van der Waals surface area contributed by atoms with Crippen LogP contribution in [0.25, 0.3) is 11.4 Å². The van der Waals surface area contributed by atoms with E-state index in [-0.39, 0.29) is 5.91 Å². The molecule has 2 heterocycles. The van der Waals surface area contributed by atoms with Gasteiger partial charge in [0.2, 0.25) is 11.7 Å². The molecular weight excluding hydrogens is 356 g/mol. The fraction of sp³-hybridized carbons (Fsp3) is 0.286. The van der Waals surface area contributed by atoms with E-state index in [1.165, 1.54) is 5.56 Å². The van der Waals surface area contributed by atoms with E-state index < -0.39 is 0 Å². The number of hydrogen-bond acceptors (Lipinski definition) is 6. The zero-order chi connectivity index (χ0) is 19.3. The highest BCUT2D eigenvalue weighted by Gasteiger charge is 2.18. The lowest BCUT2D eigenvalue weighted by molar-refractivity contribution is 0.0303. The number of morpholine rings is 1. The Kier molecular flexibility index (Phi) is 5.34. The van der Waals surface area contributed by atoms with E-state index in [9.17, 15) is 4.79 Å². The summed E-state index contributed by atoms with van der Waals surface area (Å²) >= 11 is 0. The number of hydrogen-bond donors (Lipinski definition) is 1. The molecule has 1 aromatic heterocycles. The van der Waals surface area contributed by atoms with Crippen LogP contribution in [0.15, 0.2) is 53.1 Å². The zero-order valence-electron chi connectivity index (χ0n) is 15.7. The summed E-state index contributed by atoms with van der Waals surface area (Å²) in [5, 5.41) is 7.28. The molecule has 1 fully saturated rings. The number of aromatic nitrogens is 2. The number of rotatable bonds is 5. The summed E-state index contributed by atoms with van der Waals surface area (Å²) in [5.41, 5.74) is 3.58. The molecule has 7 heteroatoms. The maximum atomic E-state index is 12.6. The van der Waals surface area contributed by atoms with E-state index in [2.05, 4.69) is 15.5 Å². The normalized spacial score (nSPS) is 14.1. The van der Waals surface area contributed by atoms with Gasteiger partial charge in [0.1, 0.15) is 0 Å². The molecule has 0 spiro atoms. The third kappa shape index (κ3) is 4.20. The molecule has 0 atom stereocenters. The zero-order valence-corrected chi connectivity index (χ0v) is 15.7. The highest BCUT2D eigenvalue weighted by molar-refractivity contribution is 5.95. The van der Waals surface area contributed by atoms with Crippen LogP contribution >= 0.6 is 0 Å². The second-order valence-electron chi connectivity index (χ2n) is 6.72. The predicted molar refractivity (Wildman–Crippen MR) is 105 cm³/mol. The summed E-state index contributed by atoms with van der Waals surface area (Å²) in [6.07, 6.45) is 0. The summed E-state index contributed by atoms with van der Waals surface area (Å²) in [5.74, 6) is 1.07. The Morgan fingerprint density at radius 2 is 1.93 bits per heavy atom. The number of benzene rings is 2. The number of nitrogens with one attached hydrogen (secondary N) is 1. The first-order valence-electron chi connectivity index (χ1n) is 9.29. The van der Waals surface area contributed by atoms with Gasteiger partial charge in [-0.25, -0.2) is 0 Å². The highest BCUT2D eigenvalue weighted by atomic mass is 16.5. The van der Waals surface area contributed by atoms with Gasteiger partial charge in [-0.2, -0.15) is 4.98 Å². The van der Waals surface area contributed by atoms with Crippen molar-refractivity contribution in [3.63, 3.8) is 0 Å². The van der Waals surface area contributed by atoms with Crippen LogP contribution in [0.5, 0.6) is 0 Å². The average molecular weight is 378 g/mol. The van der Waals surface area contributed by atoms with Crippen LogP contribution in [0.2, 0.25) is 0 Å². The molecule has 0 saturated carbocycles. The summed E-state index contributed by atoms with van der Waals surface area (Å²) < 4.78 is 10.6. The lowest BCUT2D eigenvalue weighted by atomic mass is 10.1. The molecule has 3 aromatic rings. The topological polar surface area (TPSA) is 80.5 Å². The SMILES string of the molecule is Cc1ccc(-c2noc(CNc3cccc(C(=O)N4CCOCC4)c3)n2)cc1. The van der Waals surface area contributed by atoms with Gasteiger partial charge in [0, 0.05) is 29.9 Å². The van der Waals surface area contributed by atoms with Gasteiger partial charge < -0.3 is 19.5 Å². The summed E-state index contributed by atoms with van der Waals surface area (Å²) in [6, 6.07) is 15.4. The standard InChI is InChI=1S/C21H22N4O3/c1-15-5-7-16(8-6-15)20-23-19(28-24-20)14-22-18-4-2-3-17(13-18)21(26)25-9-11-27-12-10-25/h2-8,13,22H,9-12,14H2,1H3. The molecule has 1 saturated heterocycles. The van der Waals surface area contributed by atoms with Crippen LogP contribution in [-0.4, -0.2) is 47.3 Å². The molecule has 0 bridgehead atoms. The average Bonchev–Trinajstić information content (AvgIpc) is 3.22. The second-order valence-corrected chi connectivity index (χ2v) is 6.72. The number of carbonyl (C=O) groups is 1. The maximum absolute atomic E-state index is 12.6. The van der Waals surface area contributed by atoms with Gasteiger partial charge in [-0.05, 0) is 25.1 Å². The molecular formula is C21H22N4O3. The Balaban J connectivity index is 1.40. The maximum Gasteiger partial charge on any atom is 0.254 e. The van der Waals surface area contributed by atoms with E-state index in [1.807, 2.05) is 60.4 Å². The molecule has 0 radical (unpaired) electrons. The van der Waals surface area contributed by atoms with Crippen molar-refractivity contribution in [2.75, 3.05) is 31.6 Å².